The summed E-state index contributed by atoms with van der Waals surface area (Å²) in [6.07, 6.45) is 3.14. The van der Waals surface area contributed by atoms with Crippen molar-refractivity contribution in [1.29, 1.82) is 0 Å². The number of hydrogen-bond donors (Lipinski definition) is 2. The zero-order valence-corrected chi connectivity index (χ0v) is 15.1. The number of halogens is 1. The van der Waals surface area contributed by atoms with Crippen LogP contribution < -0.4 is 11.2 Å². The van der Waals surface area contributed by atoms with Crippen LogP contribution in [0, 0.1) is 0 Å². The highest BCUT2D eigenvalue weighted by Gasteiger charge is 2.18. The third-order valence-corrected chi connectivity index (χ3v) is 4.26. The predicted molar refractivity (Wildman–Crippen MR) is 95.4 cm³/mol. The van der Waals surface area contributed by atoms with Crippen LogP contribution in [-0.4, -0.2) is 30.1 Å². The summed E-state index contributed by atoms with van der Waals surface area (Å²) in [4.78, 5) is 45.6. The number of carbonyl (C=O) groups is 1. The van der Waals surface area contributed by atoms with Gasteiger partial charge >= 0.3 is 11.7 Å². The van der Waals surface area contributed by atoms with Gasteiger partial charge in [-0.15, -0.1) is 0 Å². The fourth-order valence-corrected chi connectivity index (χ4v) is 2.80. The van der Waals surface area contributed by atoms with Crippen LogP contribution in [0.1, 0.15) is 36.1 Å². The first-order chi connectivity index (χ1) is 12.4. The molecule has 0 unspecified atom stereocenters. The Hall–Kier alpha value is -2.81. The predicted octanol–water partition coefficient (Wildman–Crippen LogP) is 1.56. The first kappa shape index (κ1) is 18.0. The topological polar surface area (TPSA) is 115 Å². The lowest BCUT2D eigenvalue weighted by Crippen LogP contribution is -2.31. The van der Waals surface area contributed by atoms with Gasteiger partial charge in [-0.25, -0.2) is 14.6 Å². The van der Waals surface area contributed by atoms with Crippen LogP contribution in [0.15, 0.2) is 21.9 Å². The fourth-order valence-electron chi connectivity index (χ4n) is 2.64. The molecule has 0 aliphatic heterocycles. The van der Waals surface area contributed by atoms with Gasteiger partial charge in [0.1, 0.15) is 18.1 Å². The monoisotopic (exact) mass is 379 g/mol. The van der Waals surface area contributed by atoms with Crippen molar-refractivity contribution in [3.05, 3.63) is 49.6 Å². The Balaban J connectivity index is 1.93. The fraction of sp³-hybridized carbons (Fsp3) is 0.375. The van der Waals surface area contributed by atoms with Crippen LogP contribution in [0.4, 0.5) is 0 Å². The second kappa shape index (κ2) is 7.20. The van der Waals surface area contributed by atoms with Crippen LogP contribution in [0.25, 0.3) is 11.2 Å². The van der Waals surface area contributed by atoms with E-state index in [-0.39, 0.29) is 23.5 Å². The van der Waals surface area contributed by atoms with E-state index in [0.29, 0.717) is 17.4 Å². The number of ether oxygens (including phenoxy) is 1. The molecule has 3 rings (SSSR count). The van der Waals surface area contributed by atoms with E-state index in [9.17, 15) is 14.4 Å². The molecular formula is C16H18ClN5O4. The van der Waals surface area contributed by atoms with E-state index in [1.807, 2.05) is 6.92 Å². The maximum atomic E-state index is 12.2. The third-order valence-electron chi connectivity index (χ3n) is 4.04. The molecule has 3 aromatic heterocycles. The van der Waals surface area contributed by atoms with E-state index in [1.165, 1.54) is 21.4 Å². The van der Waals surface area contributed by atoms with Crippen LogP contribution in [-0.2, 0) is 24.9 Å². The van der Waals surface area contributed by atoms with Crippen LogP contribution in [0.2, 0.25) is 5.02 Å². The molecule has 9 nitrogen and oxygen atoms in total. The lowest BCUT2D eigenvalue weighted by molar-refractivity contribution is 0.0453. The highest BCUT2D eigenvalue weighted by Crippen LogP contribution is 2.14. The van der Waals surface area contributed by atoms with Crippen molar-refractivity contribution < 1.29 is 9.53 Å². The summed E-state index contributed by atoms with van der Waals surface area (Å²) in [6.45, 7) is 2.30. The molecule has 0 fully saturated rings. The molecular weight excluding hydrogens is 362 g/mol. The normalized spacial score (nSPS) is 11.2. The molecule has 3 heterocycles. The maximum absolute atomic E-state index is 12.2. The molecule has 0 atom stereocenters. The largest absolute Gasteiger partial charge is 0.453 e. The van der Waals surface area contributed by atoms with Crippen LogP contribution in [0.3, 0.4) is 0 Å². The Morgan fingerprint density at radius 1 is 1.38 bits per heavy atom. The summed E-state index contributed by atoms with van der Waals surface area (Å²) in [5, 5.41) is 0.395. The second-order valence-corrected chi connectivity index (χ2v) is 6.27. The summed E-state index contributed by atoms with van der Waals surface area (Å²) in [6, 6.07) is 1.45. The average molecular weight is 380 g/mol. The summed E-state index contributed by atoms with van der Waals surface area (Å²) in [5.74, 6) is -0.242. The number of nitrogens with zero attached hydrogens (tertiary/aromatic N) is 3. The van der Waals surface area contributed by atoms with Gasteiger partial charge < -0.3 is 14.3 Å². The molecule has 0 aliphatic rings. The molecule has 0 amide bonds. The molecule has 0 saturated heterocycles. The van der Waals surface area contributed by atoms with E-state index < -0.39 is 17.2 Å². The Kier molecular flexibility index (Phi) is 4.99. The van der Waals surface area contributed by atoms with Gasteiger partial charge in [0.2, 0.25) is 0 Å². The van der Waals surface area contributed by atoms with Crippen molar-refractivity contribution >= 4 is 28.7 Å². The molecule has 138 valence electrons. The van der Waals surface area contributed by atoms with Crippen LogP contribution in [0.5, 0.6) is 0 Å². The summed E-state index contributed by atoms with van der Waals surface area (Å²) in [5.41, 5.74) is -0.273. The number of hydrogen-bond acceptors (Lipinski definition) is 5. The molecule has 0 saturated carbocycles. The van der Waals surface area contributed by atoms with Gasteiger partial charge in [0.25, 0.3) is 5.56 Å². The minimum atomic E-state index is -0.596. The van der Waals surface area contributed by atoms with Gasteiger partial charge in [-0.3, -0.25) is 14.3 Å². The van der Waals surface area contributed by atoms with E-state index in [4.69, 9.17) is 16.3 Å². The van der Waals surface area contributed by atoms with Crippen molar-refractivity contribution in [2.45, 2.75) is 32.9 Å². The van der Waals surface area contributed by atoms with Gasteiger partial charge in [-0.05, 0) is 12.5 Å². The average Bonchev–Trinajstić information content (AvgIpc) is 3.16. The lowest BCUT2D eigenvalue weighted by atomic mass is 10.3. The van der Waals surface area contributed by atoms with Crippen molar-refractivity contribution in [2.24, 2.45) is 7.05 Å². The molecule has 10 heteroatoms. The van der Waals surface area contributed by atoms with Crippen molar-refractivity contribution in [2.75, 3.05) is 0 Å². The van der Waals surface area contributed by atoms with Crippen LogP contribution >= 0.6 is 11.6 Å². The highest BCUT2D eigenvalue weighted by atomic mass is 35.5. The molecule has 0 bridgehead atoms. The number of H-pyrrole nitrogens is 2. The van der Waals surface area contributed by atoms with Crippen molar-refractivity contribution in [3.63, 3.8) is 0 Å². The molecule has 0 aliphatic carbocycles. The Bertz CT molecular complexity index is 1070. The van der Waals surface area contributed by atoms with Gasteiger partial charge in [0.05, 0.1) is 5.02 Å². The molecule has 0 spiro atoms. The minimum absolute atomic E-state index is 0.151. The van der Waals surface area contributed by atoms with Crippen molar-refractivity contribution in [1.82, 2.24) is 24.1 Å². The van der Waals surface area contributed by atoms with Crippen molar-refractivity contribution in [3.8, 4) is 0 Å². The Morgan fingerprint density at radius 2 is 2.15 bits per heavy atom. The minimum Gasteiger partial charge on any atom is -0.453 e. The maximum Gasteiger partial charge on any atom is 0.355 e. The number of aromatic amines is 2. The quantitative estimate of drug-likeness (QED) is 0.631. The van der Waals surface area contributed by atoms with Gasteiger partial charge in [0.15, 0.2) is 11.2 Å². The summed E-state index contributed by atoms with van der Waals surface area (Å²) >= 11 is 5.77. The number of esters is 1. The molecule has 0 aromatic carbocycles. The standard InChI is InChI=1S/C16H18ClN5O4/c1-3-4-5-22-13-12(14(23)20-16(22)25)21(2)11(19-13)8-26-15(24)10-6-9(17)7-18-10/h6-7,18H,3-5,8H2,1-2H3,(H,20,23,25). The second-order valence-electron chi connectivity index (χ2n) is 5.83. The van der Waals surface area contributed by atoms with Gasteiger partial charge in [-0.1, -0.05) is 24.9 Å². The molecule has 26 heavy (non-hydrogen) atoms. The van der Waals surface area contributed by atoms with E-state index in [1.54, 1.807) is 7.05 Å². The number of fused-ring (bicyclic) bond motifs is 1. The zero-order valence-electron chi connectivity index (χ0n) is 14.3. The Morgan fingerprint density at radius 3 is 2.81 bits per heavy atom. The first-order valence-corrected chi connectivity index (χ1v) is 8.49. The van der Waals surface area contributed by atoms with Gasteiger partial charge in [0, 0.05) is 19.8 Å². The third kappa shape index (κ3) is 3.30. The summed E-state index contributed by atoms with van der Waals surface area (Å²) < 4.78 is 8.16. The number of aryl methyl sites for hydroxylation is 2. The Labute approximate surface area is 152 Å². The SMILES string of the molecule is CCCCn1c(=O)[nH]c(=O)c2c1nc(COC(=O)c1cc(Cl)c[nH]1)n2C. The van der Waals surface area contributed by atoms with E-state index in [0.717, 1.165) is 12.8 Å². The van der Waals surface area contributed by atoms with Gasteiger partial charge in [-0.2, -0.15) is 0 Å². The summed E-state index contributed by atoms with van der Waals surface area (Å²) in [7, 11) is 1.63. The number of rotatable bonds is 6. The number of aromatic nitrogens is 5. The molecule has 2 N–H and O–H groups in total. The lowest BCUT2D eigenvalue weighted by Gasteiger charge is -2.04. The first-order valence-electron chi connectivity index (χ1n) is 8.11. The molecule has 0 radical (unpaired) electrons. The number of nitrogens with one attached hydrogen (secondary N) is 2. The smallest absolute Gasteiger partial charge is 0.355 e. The number of imidazole rings is 1. The number of unbranched alkanes of at least 4 members (excludes halogenated alkanes) is 1. The van der Waals surface area contributed by atoms with E-state index >= 15 is 0 Å². The zero-order chi connectivity index (χ0) is 18.8. The molecule has 3 aromatic rings. The van der Waals surface area contributed by atoms with E-state index in [2.05, 4.69) is 15.0 Å². The number of carbonyl (C=O) groups excluding carboxylic acids is 1. The highest BCUT2D eigenvalue weighted by molar-refractivity contribution is 6.30.